The highest BCUT2D eigenvalue weighted by Gasteiger charge is 2.24. The van der Waals surface area contributed by atoms with Gasteiger partial charge in [0.15, 0.2) is 5.13 Å². The van der Waals surface area contributed by atoms with Gasteiger partial charge in [-0.2, -0.15) is 0 Å². The van der Waals surface area contributed by atoms with Gasteiger partial charge in [-0.15, -0.1) is 0 Å². The van der Waals surface area contributed by atoms with Crippen LogP contribution in [0.3, 0.4) is 0 Å². The van der Waals surface area contributed by atoms with Crippen LogP contribution in [-0.4, -0.2) is 50.1 Å². The number of halogens is 1. The second-order valence-electron chi connectivity index (χ2n) is 7.27. The Balaban J connectivity index is 1.80. The standard InChI is InChI=1S/C23H22ClN3O2S/c1-26(2)10-11-27(23-25-19-9-8-17(24)14-21(19)30-23)22(28)18-12-15-6-4-5-7-16(15)13-20(18)29-3/h4-9,12-14H,10-11H2,1-3H3. The van der Waals surface area contributed by atoms with Crippen LogP contribution in [0.5, 0.6) is 5.75 Å². The first-order valence-corrected chi connectivity index (χ1v) is 10.7. The monoisotopic (exact) mass is 439 g/mol. The summed E-state index contributed by atoms with van der Waals surface area (Å²) in [5, 5.41) is 3.32. The first-order chi connectivity index (χ1) is 14.5. The molecule has 30 heavy (non-hydrogen) atoms. The maximum atomic E-state index is 13.7. The minimum absolute atomic E-state index is 0.135. The molecule has 1 amide bonds. The van der Waals surface area contributed by atoms with Crippen molar-refractivity contribution in [3.05, 3.63) is 65.2 Å². The second kappa shape index (κ2) is 8.60. The van der Waals surface area contributed by atoms with E-state index in [1.807, 2.05) is 73.6 Å². The minimum atomic E-state index is -0.135. The molecule has 5 nitrogen and oxygen atoms in total. The van der Waals surface area contributed by atoms with Crippen LogP contribution in [0, 0.1) is 0 Å². The zero-order chi connectivity index (χ0) is 21.3. The summed E-state index contributed by atoms with van der Waals surface area (Å²) in [6, 6.07) is 17.3. The molecule has 154 valence electrons. The molecular weight excluding hydrogens is 418 g/mol. The molecule has 0 unspecified atom stereocenters. The van der Waals surface area contributed by atoms with Gasteiger partial charge in [0.1, 0.15) is 5.75 Å². The van der Waals surface area contributed by atoms with E-state index in [1.165, 1.54) is 11.3 Å². The molecule has 0 aliphatic carbocycles. The van der Waals surface area contributed by atoms with E-state index in [4.69, 9.17) is 21.3 Å². The van der Waals surface area contributed by atoms with Crippen molar-refractivity contribution in [1.29, 1.82) is 0 Å². The minimum Gasteiger partial charge on any atom is -0.496 e. The first-order valence-electron chi connectivity index (χ1n) is 9.56. The average molecular weight is 440 g/mol. The highest BCUT2D eigenvalue weighted by Crippen LogP contribution is 2.33. The number of ether oxygens (including phenoxy) is 1. The van der Waals surface area contributed by atoms with E-state index in [1.54, 1.807) is 12.0 Å². The van der Waals surface area contributed by atoms with E-state index in [9.17, 15) is 4.79 Å². The summed E-state index contributed by atoms with van der Waals surface area (Å²) in [6.45, 7) is 1.22. The van der Waals surface area contributed by atoms with Gasteiger partial charge in [0, 0.05) is 18.1 Å². The fourth-order valence-electron chi connectivity index (χ4n) is 3.29. The Kier molecular flexibility index (Phi) is 5.90. The van der Waals surface area contributed by atoms with Gasteiger partial charge < -0.3 is 9.64 Å². The third kappa shape index (κ3) is 4.12. The van der Waals surface area contributed by atoms with Gasteiger partial charge in [0.05, 0.1) is 22.9 Å². The van der Waals surface area contributed by atoms with Crippen molar-refractivity contribution in [3.8, 4) is 5.75 Å². The molecule has 0 spiro atoms. The number of aromatic nitrogens is 1. The van der Waals surface area contributed by atoms with Gasteiger partial charge in [0.25, 0.3) is 5.91 Å². The second-order valence-corrected chi connectivity index (χ2v) is 8.71. The van der Waals surface area contributed by atoms with Crippen molar-refractivity contribution in [2.24, 2.45) is 0 Å². The van der Waals surface area contributed by atoms with Crippen molar-refractivity contribution in [1.82, 2.24) is 9.88 Å². The molecule has 4 aromatic rings. The number of nitrogens with zero attached hydrogens (tertiary/aromatic N) is 3. The third-order valence-electron chi connectivity index (χ3n) is 4.88. The molecule has 0 radical (unpaired) electrons. The molecule has 0 N–H and O–H groups in total. The Labute approximate surface area is 184 Å². The molecule has 0 fully saturated rings. The number of methoxy groups -OCH3 is 1. The van der Waals surface area contributed by atoms with Crippen LogP contribution >= 0.6 is 22.9 Å². The summed E-state index contributed by atoms with van der Waals surface area (Å²) >= 11 is 7.60. The molecule has 0 aliphatic heterocycles. The number of likely N-dealkylation sites (N-methyl/N-ethyl adjacent to an activating group) is 1. The summed E-state index contributed by atoms with van der Waals surface area (Å²) < 4.78 is 6.52. The molecular formula is C23H22ClN3O2S. The van der Waals surface area contributed by atoms with Crippen LogP contribution in [-0.2, 0) is 0 Å². The fourth-order valence-corrected chi connectivity index (χ4v) is 4.55. The number of fused-ring (bicyclic) bond motifs is 2. The Morgan fingerprint density at radius 1 is 1.07 bits per heavy atom. The van der Waals surface area contributed by atoms with Gasteiger partial charge >= 0.3 is 0 Å². The van der Waals surface area contributed by atoms with Gasteiger partial charge in [-0.3, -0.25) is 9.69 Å². The SMILES string of the molecule is COc1cc2ccccc2cc1C(=O)N(CCN(C)C)c1nc2ccc(Cl)cc2s1. The lowest BCUT2D eigenvalue weighted by molar-refractivity contribution is 0.0982. The lowest BCUT2D eigenvalue weighted by Crippen LogP contribution is -2.37. The Bertz CT molecular complexity index is 1220. The molecule has 1 heterocycles. The van der Waals surface area contributed by atoms with Crippen LogP contribution in [0.15, 0.2) is 54.6 Å². The molecule has 1 aromatic heterocycles. The number of amides is 1. The highest BCUT2D eigenvalue weighted by molar-refractivity contribution is 7.22. The Morgan fingerprint density at radius 3 is 2.50 bits per heavy atom. The van der Waals surface area contributed by atoms with Crippen LogP contribution in [0.1, 0.15) is 10.4 Å². The maximum Gasteiger partial charge on any atom is 0.263 e. The molecule has 0 saturated heterocycles. The molecule has 0 bridgehead atoms. The van der Waals surface area contributed by atoms with E-state index < -0.39 is 0 Å². The lowest BCUT2D eigenvalue weighted by Gasteiger charge is -2.23. The van der Waals surface area contributed by atoms with E-state index in [0.29, 0.717) is 34.6 Å². The first kappa shape index (κ1) is 20.6. The van der Waals surface area contributed by atoms with Crippen molar-refractivity contribution < 1.29 is 9.53 Å². The molecule has 0 saturated carbocycles. The van der Waals surface area contributed by atoms with Crippen LogP contribution in [0.4, 0.5) is 5.13 Å². The summed E-state index contributed by atoms with van der Waals surface area (Å²) in [4.78, 5) is 22.2. The van der Waals surface area contributed by atoms with E-state index >= 15 is 0 Å². The molecule has 4 rings (SSSR count). The summed E-state index contributed by atoms with van der Waals surface area (Å²) in [6.07, 6.45) is 0. The summed E-state index contributed by atoms with van der Waals surface area (Å²) in [5.74, 6) is 0.419. The zero-order valence-electron chi connectivity index (χ0n) is 17.1. The lowest BCUT2D eigenvalue weighted by atomic mass is 10.0. The predicted octanol–water partition coefficient (Wildman–Crippen LogP) is 5.32. The van der Waals surface area contributed by atoms with Crippen molar-refractivity contribution in [2.75, 3.05) is 39.2 Å². The van der Waals surface area contributed by atoms with E-state index in [0.717, 1.165) is 21.0 Å². The normalized spacial score (nSPS) is 11.4. The number of anilines is 1. The quantitative estimate of drug-likeness (QED) is 0.408. The fraction of sp³-hybridized carbons (Fsp3) is 0.217. The van der Waals surface area contributed by atoms with Crippen LogP contribution in [0.2, 0.25) is 5.02 Å². The van der Waals surface area contributed by atoms with Crippen molar-refractivity contribution in [3.63, 3.8) is 0 Å². The van der Waals surface area contributed by atoms with Gasteiger partial charge in [-0.05, 0) is 55.2 Å². The van der Waals surface area contributed by atoms with Crippen molar-refractivity contribution >= 4 is 55.0 Å². The number of thiazole rings is 1. The molecule has 3 aromatic carbocycles. The highest BCUT2D eigenvalue weighted by atomic mass is 35.5. The Hall–Kier alpha value is -2.67. The average Bonchev–Trinajstić information content (AvgIpc) is 3.15. The zero-order valence-corrected chi connectivity index (χ0v) is 18.6. The largest absolute Gasteiger partial charge is 0.496 e. The smallest absolute Gasteiger partial charge is 0.263 e. The number of hydrogen-bond donors (Lipinski definition) is 0. The van der Waals surface area contributed by atoms with E-state index in [-0.39, 0.29) is 5.91 Å². The van der Waals surface area contributed by atoms with Gasteiger partial charge in [-0.1, -0.05) is 47.2 Å². The van der Waals surface area contributed by atoms with Crippen LogP contribution in [0.25, 0.3) is 21.0 Å². The third-order valence-corrected chi connectivity index (χ3v) is 6.16. The Morgan fingerprint density at radius 2 is 1.80 bits per heavy atom. The van der Waals surface area contributed by atoms with Crippen LogP contribution < -0.4 is 9.64 Å². The topological polar surface area (TPSA) is 45.7 Å². The maximum absolute atomic E-state index is 13.7. The summed E-state index contributed by atoms with van der Waals surface area (Å²) in [7, 11) is 5.56. The number of rotatable bonds is 6. The van der Waals surface area contributed by atoms with Gasteiger partial charge in [-0.25, -0.2) is 4.98 Å². The number of hydrogen-bond acceptors (Lipinski definition) is 5. The summed E-state index contributed by atoms with van der Waals surface area (Å²) in [5.41, 5.74) is 1.35. The van der Waals surface area contributed by atoms with Gasteiger partial charge in [0.2, 0.25) is 0 Å². The van der Waals surface area contributed by atoms with Crippen molar-refractivity contribution in [2.45, 2.75) is 0 Å². The number of carbonyl (C=O) groups is 1. The molecule has 0 atom stereocenters. The van der Waals surface area contributed by atoms with E-state index in [2.05, 4.69) is 0 Å². The number of carbonyl (C=O) groups excluding carboxylic acids is 1. The predicted molar refractivity (Wildman–Crippen MR) is 125 cm³/mol. The molecule has 0 aliphatic rings. The molecule has 7 heteroatoms. The number of benzene rings is 3.